The third kappa shape index (κ3) is 9.25. The molecule has 1 aromatic carbocycles. The van der Waals surface area contributed by atoms with Gasteiger partial charge in [-0.2, -0.15) is 0 Å². The predicted octanol–water partition coefficient (Wildman–Crippen LogP) is 0.351. The predicted molar refractivity (Wildman–Crippen MR) is 108 cm³/mol. The lowest BCUT2D eigenvalue weighted by Gasteiger charge is -2.28. The Morgan fingerprint density at radius 1 is 1.20 bits per heavy atom. The minimum Gasteiger partial charge on any atom is -0.480 e. The van der Waals surface area contributed by atoms with Crippen LogP contribution in [0.25, 0.3) is 0 Å². The number of amides is 2. The van der Waals surface area contributed by atoms with E-state index in [-0.39, 0.29) is 18.4 Å². The van der Waals surface area contributed by atoms with E-state index in [1.54, 1.807) is 0 Å². The standard InChI is InChI=1S/C19H26N2O5.BH3O3/c1-13(2)11-15(17(22)21-10-6-9-16(21)18(23)24)20-19(25)26-12-14-7-4-3-5-8-14;2-1(3)4/h3-5,7-8,13,15-16H,6,9-12H2,1-2H3,(H,20,25)(H,23,24);2-4H/t15?,16-;/m0./s1. The summed E-state index contributed by atoms with van der Waals surface area (Å²) in [6.07, 6.45) is 0.824. The van der Waals surface area contributed by atoms with Gasteiger partial charge in [0.15, 0.2) is 0 Å². The van der Waals surface area contributed by atoms with Crippen molar-refractivity contribution in [3.05, 3.63) is 35.9 Å². The Kier molecular flexibility index (Phi) is 10.9. The zero-order valence-electron chi connectivity index (χ0n) is 17.1. The molecule has 1 aliphatic heterocycles. The van der Waals surface area contributed by atoms with Gasteiger partial charge in [0.05, 0.1) is 0 Å². The monoisotopic (exact) mass is 424 g/mol. The number of rotatable bonds is 7. The third-order valence-electron chi connectivity index (χ3n) is 4.33. The summed E-state index contributed by atoms with van der Waals surface area (Å²) in [5.41, 5.74) is 0.847. The molecule has 0 bridgehead atoms. The van der Waals surface area contributed by atoms with Crippen LogP contribution in [-0.2, 0) is 20.9 Å². The zero-order chi connectivity index (χ0) is 22.7. The van der Waals surface area contributed by atoms with Gasteiger partial charge >= 0.3 is 19.4 Å². The molecule has 1 fully saturated rings. The lowest BCUT2D eigenvalue weighted by molar-refractivity contribution is -0.149. The molecule has 0 saturated carbocycles. The van der Waals surface area contributed by atoms with E-state index in [9.17, 15) is 19.5 Å². The highest BCUT2D eigenvalue weighted by molar-refractivity contribution is 6.30. The number of aliphatic carboxylic acids is 1. The quantitative estimate of drug-likeness (QED) is 0.393. The second kappa shape index (κ2) is 12.8. The first-order chi connectivity index (χ1) is 14.1. The molecule has 0 radical (unpaired) electrons. The third-order valence-corrected chi connectivity index (χ3v) is 4.33. The van der Waals surface area contributed by atoms with Crippen molar-refractivity contribution in [3.63, 3.8) is 0 Å². The Morgan fingerprint density at radius 3 is 2.33 bits per heavy atom. The lowest BCUT2D eigenvalue weighted by Crippen LogP contribution is -2.52. The van der Waals surface area contributed by atoms with Crippen LogP contribution in [0.3, 0.4) is 0 Å². The number of nitrogens with zero attached hydrogens (tertiary/aromatic N) is 1. The second-order valence-corrected chi connectivity index (χ2v) is 7.26. The Hall–Kier alpha value is -2.63. The van der Waals surface area contributed by atoms with E-state index in [1.165, 1.54) is 4.90 Å². The van der Waals surface area contributed by atoms with Gasteiger partial charge in [0, 0.05) is 6.54 Å². The van der Waals surface area contributed by atoms with E-state index in [2.05, 4.69) is 5.32 Å². The Bertz CT molecular complexity index is 684. The lowest BCUT2D eigenvalue weighted by atomic mass is 10.0. The summed E-state index contributed by atoms with van der Waals surface area (Å²) in [6.45, 7) is 4.38. The molecular weight excluding hydrogens is 395 g/mol. The fraction of sp³-hybridized carbons (Fsp3) is 0.526. The number of carbonyl (C=O) groups is 3. The number of benzene rings is 1. The summed E-state index contributed by atoms with van der Waals surface area (Å²) in [5.74, 6) is -1.21. The molecule has 5 N–H and O–H groups in total. The number of hydrogen-bond donors (Lipinski definition) is 5. The summed E-state index contributed by atoms with van der Waals surface area (Å²) in [6, 6.07) is 7.63. The maximum Gasteiger partial charge on any atom is 0.631 e. The van der Waals surface area contributed by atoms with Gasteiger partial charge in [0.25, 0.3) is 0 Å². The van der Waals surface area contributed by atoms with E-state index in [0.29, 0.717) is 25.8 Å². The van der Waals surface area contributed by atoms with Gasteiger partial charge in [-0.3, -0.25) is 4.79 Å². The molecule has 1 unspecified atom stereocenters. The molecule has 166 valence electrons. The smallest absolute Gasteiger partial charge is 0.480 e. The van der Waals surface area contributed by atoms with E-state index in [4.69, 9.17) is 19.8 Å². The molecule has 0 aliphatic carbocycles. The molecule has 1 saturated heterocycles. The largest absolute Gasteiger partial charge is 0.631 e. The number of carboxylic acids is 1. The Balaban J connectivity index is 0.00000103. The van der Waals surface area contributed by atoms with Gasteiger partial charge in [-0.15, -0.1) is 0 Å². The van der Waals surface area contributed by atoms with Crippen LogP contribution < -0.4 is 5.32 Å². The van der Waals surface area contributed by atoms with E-state index < -0.39 is 31.5 Å². The van der Waals surface area contributed by atoms with Crippen LogP contribution in [0.5, 0.6) is 0 Å². The van der Waals surface area contributed by atoms with Crippen molar-refractivity contribution in [1.82, 2.24) is 10.2 Å². The highest BCUT2D eigenvalue weighted by Crippen LogP contribution is 2.20. The molecular formula is C19H29BN2O8. The first-order valence-electron chi connectivity index (χ1n) is 9.66. The average Bonchev–Trinajstić information content (AvgIpc) is 3.15. The normalized spacial score (nSPS) is 16.3. The van der Waals surface area contributed by atoms with E-state index in [1.807, 2.05) is 44.2 Å². The summed E-state index contributed by atoms with van der Waals surface area (Å²) in [4.78, 5) is 37.6. The average molecular weight is 424 g/mol. The highest BCUT2D eigenvalue weighted by atomic mass is 16.5. The van der Waals surface area contributed by atoms with Crippen LogP contribution in [0, 0.1) is 5.92 Å². The fourth-order valence-corrected chi connectivity index (χ4v) is 3.09. The minimum absolute atomic E-state index is 0.108. The SMILES string of the molecule is CC(C)CC(NC(=O)OCc1ccccc1)C(=O)N1CCC[C@H]1C(=O)O.OB(O)O. The van der Waals surface area contributed by atoms with Crippen molar-refractivity contribution in [2.75, 3.05) is 6.54 Å². The second-order valence-electron chi connectivity index (χ2n) is 7.26. The van der Waals surface area contributed by atoms with Gasteiger partial charge in [0.2, 0.25) is 5.91 Å². The molecule has 1 aromatic rings. The van der Waals surface area contributed by atoms with E-state index in [0.717, 1.165) is 5.56 Å². The Labute approximate surface area is 175 Å². The van der Waals surface area contributed by atoms with Crippen LogP contribution in [0.4, 0.5) is 4.79 Å². The first kappa shape index (κ1) is 25.4. The van der Waals surface area contributed by atoms with Crippen molar-refractivity contribution in [2.45, 2.75) is 51.8 Å². The van der Waals surface area contributed by atoms with Crippen LogP contribution in [0.1, 0.15) is 38.7 Å². The number of hydrogen-bond acceptors (Lipinski definition) is 7. The molecule has 2 amide bonds. The number of ether oxygens (including phenoxy) is 1. The van der Waals surface area contributed by atoms with Gasteiger partial charge < -0.3 is 35.1 Å². The molecule has 30 heavy (non-hydrogen) atoms. The zero-order valence-corrected chi connectivity index (χ0v) is 17.1. The van der Waals surface area contributed by atoms with Gasteiger partial charge in [-0.25, -0.2) is 9.59 Å². The van der Waals surface area contributed by atoms with Crippen LogP contribution in [-0.4, -0.2) is 69.0 Å². The molecule has 2 rings (SSSR count). The van der Waals surface area contributed by atoms with Crippen LogP contribution >= 0.6 is 0 Å². The number of likely N-dealkylation sites (tertiary alicyclic amines) is 1. The van der Waals surface area contributed by atoms with Crippen molar-refractivity contribution < 1.29 is 39.3 Å². The summed E-state index contributed by atoms with van der Waals surface area (Å²) < 4.78 is 5.19. The summed E-state index contributed by atoms with van der Waals surface area (Å²) >= 11 is 0. The molecule has 0 spiro atoms. The van der Waals surface area contributed by atoms with Gasteiger partial charge in [-0.1, -0.05) is 44.2 Å². The molecule has 1 heterocycles. The number of carboxylic acid groups (broad SMARTS) is 1. The van der Waals surface area contributed by atoms with Crippen molar-refractivity contribution >= 4 is 25.3 Å². The molecule has 10 nitrogen and oxygen atoms in total. The van der Waals surface area contributed by atoms with Crippen LogP contribution in [0.15, 0.2) is 30.3 Å². The summed E-state index contributed by atoms with van der Waals surface area (Å²) in [5, 5.41) is 33.4. The first-order valence-corrected chi connectivity index (χ1v) is 9.66. The van der Waals surface area contributed by atoms with Crippen LogP contribution in [0.2, 0.25) is 0 Å². The van der Waals surface area contributed by atoms with Crippen molar-refractivity contribution in [2.24, 2.45) is 5.92 Å². The maximum atomic E-state index is 12.8. The molecule has 2 atom stereocenters. The maximum absolute atomic E-state index is 12.8. The highest BCUT2D eigenvalue weighted by Gasteiger charge is 2.37. The summed E-state index contributed by atoms with van der Waals surface area (Å²) in [7, 11) is -2.17. The van der Waals surface area contributed by atoms with Gasteiger partial charge in [-0.05, 0) is 30.7 Å². The number of alkyl carbamates (subject to hydrolysis) is 1. The van der Waals surface area contributed by atoms with E-state index >= 15 is 0 Å². The van der Waals surface area contributed by atoms with Crippen molar-refractivity contribution in [3.8, 4) is 0 Å². The number of carbonyl (C=O) groups excluding carboxylic acids is 2. The molecule has 1 aliphatic rings. The minimum atomic E-state index is -2.17. The molecule has 11 heteroatoms. The Morgan fingerprint density at radius 2 is 1.80 bits per heavy atom. The van der Waals surface area contributed by atoms with Gasteiger partial charge in [0.1, 0.15) is 18.7 Å². The fourth-order valence-electron chi connectivity index (χ4n) is 3.09. The molecule has 0 aromatic heterocycles. The topological polar surface area (TPSA) is 157 Å². The van der Waals surface area contributed by atoms with Crippen molar-refractivity contribution in [1.29, 1.82) is 0 Å². The number of nitrogens with one attached hydrogen (secondary N) is 1.